The van der Waals surface area contributed by atoms with Gasteiger partial charge in [0.15, 0.2) is 0 Å². The first-order chi connectivity index (χ1) is 3.43. The molecule has 0 N–H and O–H groups in total. The van der Waals surface area contributed by atoms with Crippen LogP contribution in [0, 0.1) is 0 Å². The molecule has 1 aliphatic heterocycles. The van der Waals surface area contributed by atoms with Crippen molar-refractivity contribution in [2.45, 2.75) is 32.2 Å². The third-order valence-electron chi connectivity index (χ3n) is 1.55. The number of hydrogen-bond acceptors (Lipinski definition) is 0. The summed E-state index contributed by atoms with van der Waals surface area (Å²) in [5.74, 6) is 0. The van der Waals surface area contributed by atoms with Crippen LogP contribution in [-0.4, -0.2) is 12.6 Å². The molecule has 0 aliphatic carbocycles. The van der Waals surface area contributed by atoms with Crippen molar-refractivity contribution in [2.75, 3.05) is 6.54 Å². The summed E-state index contributed by atoms with van der Waals surface area (Å²) in [4.78, 5) is 0. The van der Waals surface area contributed by atoms with E-state index in [9.17, 15) is 0 Å². The molecule has 9 heavy (non-hydrogen) atoms. The summed E-state index contributed by atoms with van der Waals surface area (Å²) in [5.41, 5.74) is 0. The average Bonchev–Trinajstić information content (AvgIpc) is 2.14. The molecule has 1 saturated heterocycles. The fourth-order valence-corrected chi connectivity index (χ4v) is 1.03. The molecule has 3 heteroatoms. The van der Waals surface area contributed by atoms with Crippen molar-refractivity contribution in [2.24, 2.45) is 0 Å². The van der Waals surface area contributed by atoms with E-state index in [1.54, 1.807) is 0 Å². The van der Waals surface area contributed by atoms with Crippen LogP contribution in [0.5, 0.6) is 0 Å². The van der Waals surface area contributed by atoms with Crippen LogP contribution in [0.1, 0.15) is 26.2 Å². The topological polar surface area (TPSA) is 14.1 Å². The van der Waals surface area contributed by atoms with Gasteiger partial charge in [0.05, 0.1) is 0 Å². The van der Waals surface area contributed by atoms with Crippen molar-refractivity contribution >= 4 is 0 Å². The molecule has 0 bridgehead atoms. The molecular formula is C6H12NY2-. The zero-order chi connectivity index (χ0) is 5.11. The van der Waals surface area contributed by atoms with Crippen molar-refractivity contribution < 1.29 is 65.4 Å². The van der Waals surface area contributed by atoms with Crippen LogP contribution in [-0.2, 0) is 65.4 Å². The van der Waals surface area contributed by atoms with Gasteiger partial charge in [0.2, 0.25) is 0 Å². The molecular weight excluding hydrogens is 264 g/mol. The van der Waals surface area contributed by atoms with E-state index in [1.807, 2.05) is 0 Å². The number of nitrogens with zero attached hydrogens (tertiary/aromatic N) is 1. The first-order valence-corrected chi connectivity index (χ1v) is 3.10. The van der Waals surface area contributed by atoms with Crippen molar-refractivity contribution in [1.82, 2.24) is 0 Å². The van der Waals surface area contributed by atoms with E-state index in [1.165, 1.54) is 19.3 Å². The van der Waals surface area contributed by atoms with Gasteiger partial charge in [-0.25, -0.2) is 0 Å². The second kappa shape index (κ2) is 8.27. The molecule has 1 unspecified atom stereocenters. The van der Waals surface area contributed by atoms with Gasteiger partial charge in [0, 0.05) is 65.4 Å². The van der Waals surface area contributed by atoms with E-state index in [2.05, 4.69) is 12.2 Å². The van der Waals surface area contributed by atoms with Crippen LogP contribution in [0.4, 0.5) is 0 Å². The second-order valence-electron chi connectivity index (χ2n) is 2.11. The molecule has 48 valence electrons. The van der Waals surface area contributed by atoms with Gasteiger partial charge in [-0.05, 0) is 0 Å². The van der Waals surface area contributed by atoms with Gasteiger partial charge in [-0.1, -0.05) is 26.2 Å². The minimum absolute atomic E-state index is 0. The first-order valence-electron chi connectivity index (χ1n) is 3.10. The van der Waals surface area contributed by atoms with Crippen molar-refractivity contribution in [3.8, 4) is 0 Å². The Morgan fingerprint density at radius 3 is 2.33 bits per heavy atom. The van der Waals surface area contributed by atoms with E-state index < -0.39 is 0 Å². The summed E-state index contributed by atoms with van der Waals surface area (Å²) in [6, 6.07) is 0.722. The molecule has 1 fully saturated rings. The van der Waals surface area contributed by atoms with Crippen LogP contribution >= 0.6 is 0 Å². The summed E-state index contributed by atoms with van der Waals surface area (Å²) in [7, 11) is 0. The quantitative estimate of drug-likeness (QED) is 0.694. The number of rotatable bonds is 1. The van der Waals surface area contributed by atoms with Gasteiger partial charge in [-0.15, -0.1) is 12.6 Å². The molecule has 0 amide bonds. The van der Waals surface area contributed by atoms with Crippen LogP contribution < -0.4 is 0 Å². The summed E-state index contributed by atoms with van der Waals surface area (Å²) < 4.78 is 0. The largest absolute Gasteiger partial charge is 0.660 e. The molecule has 0 aromatic carbocycles. The molecule has 0 aromatic rings. The smallest absolute Gasteiger partial charge is 0 e. The molecule has 0 saturated carbocycles. The molecule has 2 radical (unpaired) electrons. The molecule has 0 spiro atoms. The molecule has 1 atom stereocenters. The zero-order valence-corrected chi connectivity index (χ0v) is 11.7. The minimum atomic E-state index is 0. The summed E-state index contributed by atoms with van der Waals surface area (Å²) in [5, 5.41) is 4.35. The van der Waals surface area contributed by atoms with Gasteiger partial charge in [0.25, 0.3) is 0 Å². The van der Waals surface area contributed by atoms with Crippen molar-refractivity contribution in [3.63, 3.8) is 0 Å². The molecule has 1 aliphatic rings. The van der Waals surface area contributed by atoms with Gasteiger partial charge >= 0.3 is 0 Å². The Morgan fingerprint density at radius 1 is 1.44 bits per heavy atom. The summed E-state index contributed by atoms with van der Waals surface area (Å²) in [6.45, 7) is 3.33. The predicted molar refractivity (Wildman–Crippen MR) is 31.5 cm³/mol. The fourth-order valence-electron chi connectivity index (χ4n) is 1.03. The summed E-state index contributed by atoms with van der Waals surface area (Å²) in [6.07, 6.45) is 3.93. The molecule has 1 nitrogen and oxygen atoms in total. The van der Waals surface area contributed by atoms with Gasteiger partial charge < -0.3 is 5.32 Å². The third kappa shape index (κ3) is 5.44. The SMILES string of the molecule is CCC1CCC[N-]1.[Y].[Y]. The maximum atomic E-state index is 4.35. The van der Waals surface area contributed by atoms with E-state index in [-0.39, 0.29) is 65.4 Å². The zero-order valence-electron chi connectivity index (χ0n) is 6.01. The fraction of sp³-hybridized carbons (Fsp3) is 1.00. The molecule has 1 rings (SSSR count). The Hall–Kier alpha value is 2.17. The van der Waals surface area contributed by atoms with Gasteiger partial charge in [0.1, 0.15) is 0 Å². The Morgan fingerprint density at radius 2 is 2.11 bits per heavy atom. The molecule has 0 aromatic heterocycles. The Balaban J connectivity index is 0. The number of hydrogen-bond donors (Lipinski definition) is 0. The van der Waals surface area contributed by atoms with E-state index in [4.69, 9.17) is 0 Å². The predicted octanol–water partition coefficient (Wildman–Crippen LogP) is 1.93. The molecule has 1 heterocycles. The Bertz CT molecular complexity index is 53.0. The van der Waals surface area contributed by atoms with Gasteiger partial charge in [-0.3, -0.25) is 0 Å². The maximum Gasteiger partial charge on any atom is 0 e. The minimum Gasteiger partial charge on any atom is -0.660 e. The van der Waals surface area contributed by atoms with E-state index in [0.29, 0.717) is 0 Å². The second-order valence-corrected chi connectivity index (χ2v) is 2.11. The normalized spacial score (nSPS) is 24.3. The van der Waals surface area contributed by atoms with Crippen LogP contribution in [0.2, 0.25) is 0 Å². The first kappa shape index (κ1) is 13.7. The van der Waals surface area contributed by atoms with Crippen LogP contribution in [0.15, 0.2) is 0 Å². The van der Waals surface area contributed by atoms with Crippen LogP contribution in [0.3, 0.4) is 0 Å². The van der Waals surface area contributed by atoms with Crippen molar-refractivity contribution in [1.29, 1.82) is 0 Å². The Kier molecular flexibility index (Phi) is 12.6. The standard InChI is InChI=1S/C6H12N.2Y/c1-2-6-4-3-5-7-6;;/h6H,2-5H2,1H3;;/q-1;;. The summed E-state index contributed by atoms with van der Waals surface area (Å²) >= 11 is 0. The third-order valence-corrected chi connectivity index (χ3v) is 1.55. The van der Waals surface area contributed by atoms with Crippen molar-refractivity contribution in [3.05, 3.63) is 5.32 Å². The van der Waals surface area contributed by atoms with E-state index in [0.717, 1.165) is 12.6 Å². The van der Waals surface area contributed by atoms with E-state index >= 15 is 0 Å². The van der Waals surface area contributed by atoms with Gasteiger partial charge in [-0.2, -0.15) is 0 Å². The Labute approximate surface area is 108 Å². The maximum absolute atomic E-state index is 4.35. The van der Waals surface area contributed by atoms with Crippen LogP contribution in [0.25, 0.3) is 5.32 Å². The monoisotopic (exact) mass is 276 g/mol. The average molecular weight is 276 g/mol.